The molecule has 0 saturated heterocycles. The Labute approximate surface area is 173 Å². The lowest BCUT2D eigenvalue weighted by atomic mass is 10.0. The number of benzene rings is 2. The number of amides is 1. The third kappa shape index (κ3) is 5.12. The summed E-state index contributed by atoms with van der Waals surface area (Å²) in [6, 6.07) is 6.28. The van der Waals surface area contributed by atoms with Gasteiger partial charge in [-0.25, -0.2) is 21.9 Å². The molecule has 0 radical (unpaired) electrons. The highest BCUT2D eigenvalue weighted by Gasteiger charge is 2.27. The molecule has 0 heterocycles. The van der Waals surface area contributed by atoms with Gasteiger partial charge in [0.15, 0.2) is 0 Å². The topological polar surface area (TPSA) is 75.3 Å². The van der Waals surface area contributed by atoms with E-state index >= 15 is 0 Å². The highest BCUT2D eigenvalue weighted by molar-refractivity contribution is 7.89. The second-order valence-electron chi connectivity index (χ2n) is 7.18. The van der Waals surface area contributed by atoms with Crippen LogP contribution in [-0.4, -0.2) is 20.4 Å². The van der Waals surface area contributed by atoms with E-state index in [2.05, 4.69) is 10.0 Å². The van der Waals surface area contributed by atoms with E-state index in [1.165, 1.54) is 12.1 Å². The Balaban J connectivity index is 1.81. The maximum absolute atomic E-state index is 14.2. The molecule has 1 amide bonds. The highest BCUT2D eigenvalue weighted by atomic mass is 35.5. The van der Waals surface area contributed by atoms with Crippen molar-refractivity contribution in [1.29, 1.82) is 0 Å². The first kappa shape index (κ1) is 21.7. The second kappa shape index (κ2) is 8.77. The molecule has 0 spiro atoms. The van der Waals surface area contributed by atoms with Crippen LogP contribution in [0.1, 0.15) is 43.0 Å². The standard InChI is InChI=1S/C20H21ClF2N2O3S/c1-12(13-4-2-3-5-13)25-29(27,28)15-7-9-18(22)16(11-15)20(26)24-14-6-8-19(23)17(21)10-14/h6-13,25H,2-5H2,1H3,(H,24,26). The Bertz CT molecular complexity index is 1020. The van der Waals surface area contributed by atoms with Crippen LogP contribution in [0.2, 0.25) is 5.02 Å². The molecule has 0 aliphatic heterocycles. The van der Waals surface area contributed by atoms with Gasteiger partial charge in [0.25, 0.3) is 5.91 Å². The summed E-state index contributed by atoms with van der Waals surface area (Å²) < 4.78 is 55.5. The summed E-state index contributed by atoms with van der Waals surface area (Å²) in [6.07, 6.45) is 4.07. The van der Waals surface area contributed by atoms with Crippen molar-refractivity contribution in [3.63, 3.8) is 0 Å². The fourth-order valence-electron chi connectivity index (χ4n) is 3.48. The van der Waals surface area contributed by atoms with E-state index in [4.69, 9.17) is 11.6 Å². The maximum atomic E-state index is 14.2. The molecule has 156 valence electrons. The number of carbonyl (C=O) groups is 1. The van der Waals surface area contributed by atoms with E-state index in [9.17, 15) is 22.0 Å². The monoisotopic (exact) mass is 442 g/mol. The van der Waals surface area contributed by atoms with Gasteiger partial charge in [-0.1, -0.05) is 24.4 Å². The van der Waals surface area contributed by atoms with Crippen LogP contribution in [0.25, 0.3) is 0 Å². The first-order valence-electron chi connectivity index (χ1n) is 9.25. The van der Waals surface area contributed by atoms with Gasteiger partial charge >= 0.3 is 0 Å². The van der Waals surface area contributed by atoms with Crippen molar-refractivity contribution in [2.24, 2.45) is 5.92 Å². The van der Waals surface area contributed by atoms with Gasteiger partial charge in [0.2, 0.25) is 10.0 Å². The van der Waals surface area contributed by atoms with E-state index in [1.54, 1.807) is 0 Å². The number of sulfonamides is 1. The van der Waals surface area contributed by atoms with Gasteiger partial charge < -0.3 is 5.32 Å². The lowest BCUT2D eigenvalue weighted by Gasteiger charge is -2.20. The predicted molar refractivity (Wildman–Crippen MR) is 108 cm³/mol. The predicted octanol–water partition coefficient (Wildman–Crippen LogP) is 4.73. The van der Waals surface area contributed by atoms with Gasteiger partial charge in [-0.15, -0.1) is 0 Å². The number of carbonyl (C=O) groups excluding carboxylic acids is 1. The van der Waals surface area contributed by atoms with E-state index in [-0.39, 0.29) is 27.6 Å². The molecule has 9 heteroatoms. The highest BCUT2D eigenvalue weighted by Crippen LogP contribution is 2.28. The van der Waals surface area contributed by atoms with Crippen LogP contribution in [0.5, 0.6) is 0 Å². The molecule has 0 bridgehead atoms. The fraction of sp³-hybridized carbons (Fsp3) is 0.350. The molecule has 5 nitrogen and oxygen atoms in total. The first-order valence-corrected chi connectivity index (χ1v) is 11.1. The Morgan fingerprint density at radius 2 is 1.76 bits per heavy atom. The van der Waals surface area contributed by atoms with E-state index in [1.807, 2.05) is 6.92 Å². The molecule has 1 aliphatic carbocycles. The summed E-state index contributed by atoms with van der Waals surface area (Å²) in [6.45, 7) is 1.81. The van der Waals surface area contributed by atoms with Gasteiger partial charge in [0, 0.05) is 11.7 Å². The minimum absolute atomic E-state index is 0.155. The zero-order valence-corrected chi connectivity index (χ0v) is 17.3. The summed E-state index contributed by atoms with van der Waals surface area (Å²) in [5.41, 5.74) is -0.288. The smallest absolute Gasteiger partial charge is 0.258 e. The van der Waals surface area contributed by atoms with Crippen molar-refractivity contribution < 1.29 is 22.0 Å². The van der Waals surface area contributed by atoms with Gasteiger partial charge in [0.05, 0.1) is 15.5 Å². The molecule has 1 unspecified atom stereocenters. The Hall–Kier alpha value is -2.03. The van der Waals surface area contributed by atoms with Crippen LogP contribution >= 0.6 is 11.6 Å². The third-order valence-electron chi connectivity index (χ3n) is 5.12. The lowest BCUT2D eigenvalue weighted by Crippen LogP contribution is -2.37. The molecule has 29 heavy (non-hydrogen) atoms. The first-order chi connectivity index (χ1) is 13.7. The SMILES string of the molecule is CC(NS(=O)(=O)c1ccc(F)c(C(=O)Nc2ccc(F)c(Cl)c2)c1)C1CCCC1. The normalized spacial score (nSPS) is 16.0. The van der Waals surface area contributed by atoms with Crippen molar-refractivity contribution in [1.82, 2.24) is 4.72 Å². The molecule has 2 aromatic carbocycles. The number of halogens is 3. The molecule has 1 saturated carbocycles. The average molecular weight is 443 g/mol. The Morgan fingerprint density at radius 1 is 1.10 bits per heavy atom. The Kier molecular flexibility index (Phi) is 6.55. The zero-order chi connectivity index (χ0) is 21.2. The summed E-state index contributed by atoms with van der Waals surface area (Å²) in [7, 11) is -3.92. The molecule has 3 rings (SSSR count). The van der Waals surface area contributed by atoms with Crippen molar-refractivity contribution in [2.45, 2.75) is 43.5 Å². The number of hydrogen-bond acceptors (Lipinski definition) is 3. The van der Waals surface area contributed by atoms with E-state index in [0.717, 1.165) is 49.9 Å². The largest absolute Gasteiger partial charge is 0.322 e. The van der Waals surface area contributed by atoms with Crippen molar-refractivity contribution in [3.8, 4) is 0 Å². The molecule has 1 fully saturated rings. The Morgan fingerprint density at radius 3 is 2.41 bits per heavy atom. The van der Waals surface area contributed by atoms with E-state index < -0.39 is 33.1 Å². The van der Waals surface area contributed by atoms with Crippen molar-refractivity contribution in [3.05, 3.63) is 58.6 Å². The lowest BCUT2D eigenvalue weighted by molar-refractivity contribution is 0.102. The third-order valence-corrected chi connectivity index (χ3v) is 6.96. The molecule has 1 atom stereocenters. The fourth-order valence-corrected chi connectivity index (χ4v) is 5.00. The van der Waals surface area contributed by atoms with Crippen molar-refractivity contribution in [2.75, 3.05) is 5.32 Å². The minimum Gasteiger partial charge on any atom is -0.322 e. The van der Waals surface area contributed by atoms with Crippen LogP contribution in [0.3, 0.4) is 0 Å². The molecule has 2 N–H and O–H groups in total. The van der Waals surface area contributed by atoms with Crippen LogP contribution in [0.15, 0.2) is 41.3 Å². The maximum Gasteiger partial charge on any atom is 0.258 e. The van der Waals surface area contributed by atoms with Gasteiger partial charge in [0.1, 0.15) is 11.6 Å². The molecule has 0 aromatic heterocycles. The van der Waals surface area contributed by atoms with Crippen LogP contribution in [0, 0.1) is 17.6 Å². The van der Waals surface area contributed by atoms with Gasteiger partial charge in [-0.2, -0.15) is 0 Å². The van der Waals surface area contributed by atoms with Crippen LogP contribution < -0.4 is 10.0 Å². The van der Waals surface area contributed by atoms with Crippen LogP contribution in [-0.2, 0) is 10.0 Å². The quantitative estimate of drug-likeness (QED) is 0.679. The summed E-state index contributed by atoms with van der Waals surface area (Å²) in [4.78, 5) is 12.2. The summed E-state index contributed by atoms with van der Waals surface area (Å²) in [5.74, 6) is -2.15. The van der Waals surface area contributed by atoms with Crippen LogP contribution in [0.4, 0.5) is 14.5 Å². The summed E-state index contributed by atoms with van der Waals surface area (Å²) in [5, 5.41) is 2.18. The number of anilines is 1. The van der Waals surface area contributed by atoms with Crippen molar-refractivity contribution >= 4 is 33.2 Å². The second-order valence-corrected chi connectivity index (χ2v) is 9.30. The number of nitrogens with one attached hydrogen (secondary N) is 2. The zero-order valence-electron chi connectivity index (χ0n) is 15.7. The summed E-state index contributed by atoms with van der Waals surface area (Å²) >= 11 is 5.67. The molecule has 2 aromatic rings. The molecular weight excluding hydrogens is 422 g/mol. The molecule has 1 aliphatic rings. The van der Waals surface area contributed by atoms with E-state index in [0.29, 0.717) is 0 Å². The van der Waals surface area contributed by atoms with Gasteiger partial charge in [-0.05, 0) is 62.1 Å². The average Bonchev–Trinajstić information content (AvgIpc) is 3.19. The molecular formula is C20H21ClF2N2O3S. The van der Waals surface area contributed by atoms with Gasteiger partial charge in [-0.3, -0.25) is 4.79 Å². The minimum atomic E-state index is -3.92. The number of hydrogen-bond donors (Lipinski definition) is 2. The number of rotatable bonds is 6.